The summed E-state index contributed by atoms with van der Waals surface area (Å²) in [4.78, 5) is 25.2. The van der Waals surface area contributed by atoms with Crippen molar-refractivity contribution in [3.05, 3.63) is 87.3 Å². The van der Waals surface area contributed by atoms with Gasteiger partial charge in [0.1, 0.15) is 0 Å². The van der Waals surface area contributed by atoms with Gasteiger partial charge in [-0.25, -0.2) is 4.98 Å². The fourth-order valence-electron chi connectivity index (χ4n) is 4.10. The van der Waals surface area contributed by atoms with Gasteiger partial charge in [-0.05, 0) is 35.6 Å². The van der Waals surface area contributed by atoms with Crippen LogP contribution in [0.2, 0.25) is 0 Å². The molecule has 0 aliphatic carbocycles. The van der Waals surface area contributed by atoms with Crippen molar-refractivity contribution in [3.63, 3.8) is 0 Å². The molecule has 162 valence electrons. The molecule has 0 bridgehead atoms. The molecule has 1 N–H and O–H groups in total. The third-order valence-corrected chi connectivity index (χ3v) is 6.11. The monoisotopic (exact) mass is 416 g/mol. The molecular weight excluding hydrogens is 384 g/mol. The number of piperazine rings is 1. The van der Waals surface area contributed by atoms with E-state index in [1.54, 1.807) is 0 Å². The highest BCUT2D eigenvalue weighted by Gasteiger charge is 2.20. The van der Waals surface area contributed by atoms with Gasteiger partial charge in [-0.3, -0.25) is 9.78 Å². The second kappa shape index (κ2) is 8.58. The zero-order valence-corrected chi connectivity index (χ0v) is 19.0. The van der Waals surface area contributed by atoms with E-state index < -0.39 is 0 Å². The maximum Gasteiger partial charge on any atom is 0.256 e. The smallest absolute Gasteiger partial charge is 0.256 e. The molecule has 1 saturated heterocycles. The summed E-state index contributed by atoms with van der Waals surface area (Å²) < 4.78 is 0. The van der Waals surface area contributed by atoms with E-state index >= 15 is 0 Å². The topological polar surface area (TPSA) is 52.2 Å². The summed E-state index contributed by atoms with van der Waals surface area (Å²) in [5.41, 5.74) is 5.32. The Balaban J connectivity index is 1.46. The van der Waals surface area contributed by atoms with Gasteiger partial charge in [-0.1, -0.05) is 63.2 Å². The van der Waals surface area contributed by atoms with Crippen LogP contribution in [-0.4, -0.2) is 36.1 Å². The van der Waals surface area contributed by atoms with E-state index in [2.05, 4.69) is 84.1 Å². The Morgan fingerprint density at radius 3 is 2.10 bits per heavy atom. The Bertz CT molecular complexity index is 1070. The molecule has 3 aromatic rings. The van der Waals surface area contributed by atoms with E-state index in [0.29, 0.717) is 12.4 Å². The molecule has 1 aromatic heterocycles. The quantitative estimate of drug-likeness (QED) is 0.689. The molecule has 0 spiro atoms. The third-order valence-electron chi connectivity index (χ3n) is 6.11. The standard InChI is InChI=1S/C26H32N4O/c1-19-23(18-20-10-12-21(13-11-20)26(2,3)4)24(31)28-25(27-19)30-16-14-29(15-17-30)22-8-6-5-7-9-22/h5-13H,14-18H2,1-4H3,(H,27,28,31). The zero-order valence-electron chi connectivity index (χ0n) is 19.0. The molecule has 5 nitrogen and oxygen atoms in total. The van der Waals surface area contributed by atoms with Gasteiger partial charge in [0.15, 0.2) is 0 Å². The molecule has 2 heterocycles. The van der Waals surface area contributed by atoms with Gasteiger partial charge in [0, 0.05) is 43.9 Å². The van der Waals surface area contributed by atoms with Crippen LogP contribution >= 0.6 is 0 Å². The third kappa shape index (κ3) is 4.82. The van der Waals surface area contributed by atoms with Gasteiger partial charge in [0.25, 0.3) is 5.56 Å². The molecule has 0 atom stereocenters. The van der Waals surface area contributed by atoms with Crippen molar-refractivity contribution in [2.24, 2.45) is 0 Å². The number of hydrogen-bond donors (Lipinski definition) is 1. The number of aryl methyl sites for hydroxylation is 1. The Kier molecular flexibility index (Phi) is 5.86. The maximum absolute atomic E-state index is 12.9. The summed E-state index contributed by atoms with van der Waals surface area (Å²) >= 11 is 0. The number of aromatic nitrogens is 2. The lowest BCUT2D eigenvalue weighted by molar-refractivity contribution is 0.590. The lowest BCUT2D eigenvalue weighted by Gasteiger charge is -2.36. The van der Waals surface area contributed by atoms with Crippen LogP contribution < -0.4 is 15.4 Å². The van der Waals surface area contributed by atoms with Gasteiger partial charge in [-0.15, -0.1) is 0 Å². The minimum Gasteiger partial charge on any atom is -0.368 e. The highest BCUT2D eigenvalue weighted by atomic mass is 16.1. The van der Waals surface area contributed by atoms with Crippen LogP contribution in [0.25, 0.3) is 0 Å². The summed E-state index contributed by atoms with van der Waals surface area (Å²) in [6.45, 7) is 12.1. The minimum absolute atomic E-state index is 0.0344. The van der Waals surface area contributed by atoms with Crippen molar-refractivity contribution in [1.29, 1.82) is 0 Å². The lowest BCUT2D eigenvalue weighted by atomic mass is 9.86. The molecule has 2 aromatic carbocycles. The first-order valence-corrected chi connectivity index (χ1v) is 11.1. The van der Waals surface area contributed by atoms with Gasteiger partial charge in [-0.2, -0.15) is 0 Å². The van der Waals surface area contributed by atoms with Gasteiger partial charge < -0.3 is 9.80 Å². The van der Waals surface area contributed by atoms with Gasteiger partial charge in [0.2, 0.25) is 5.95 Å². The van der Waals surface area contributed by atoms with E-state index in [-0.39, 0.29) is 11.0 Å². The van der Waals surface area contributed by atoms with Crippen LogP contribution in [0, 0.1) is 6.92 Å². The molecule has 1 fully saturated rings. The number of hydrogen-bond acceptors (Lipinski definition) is 4. The Hall–Kier alpha value is -3.08. The molecule has 1 aliphatic rings. The SMILES string of the molecule is Cc1nc(N2CCN(c3ccccc3)CC2)[nH]c(=O)c1Cc1ccc(C(C)(C)C)cc1. The number of para-hydroxylation sites is 1. The normalized spacial score (nSPS) is 14.7. The van der Waals surface area contributed by atoms with Crippen molar-refractivity contribution < 1.29 is 0 Å². The van der Waals surface area contributed by atoms with Gasteiger partial charge in [0.05, 0.1) is 5.69 Å². The fraction of sp³-hybridized carbons (Fsp3) is 0.385. The van der Waals surface area contributed by atoms with Crippen molar-refractivity contribution in [1.82, 2.24) is 9.97 Å². The largest absolute Gasteiger partial charge is 0.368 e. The Labute approximate surface area is 184 Å². The van der Waals surface area contributed by atoms with Crippen LogP contribution in [0.1, 0.15) is 43.2 Å². The van der Waals surface area contributed by atoms with Crippen LogP contribution in [0.4, 0.5) is 11.6 Å². The molecule has 0 unspecified atom stereocenters. The molecule has 0 amide bonds. The van der Waals surface area contributed by atoms with E-state index in [9.17, 15) is 4.79 Å². The minimum atomic E-state index is -0.0344. The summed E-state index contributed by atoms with van der Waals surface area (Å²) in [7, 11) is 0. The van der Waals surface area contributed by atoms with E-state index in [0.717, 1.165) is 43.0 Å². The van der Waals surface area contributed by atoms with Crippen molar-refractivity contribution >= 4 is 11.6 Å². The molecule has 5 heteroatoms. The van der Waals surface area contributed by atoms with Gasteiger partial charge >= 0.3 is 0 Å². The number of anilines is 2. The first kappa shape index (κ1) is 21.2. The van der Waals surface area contributed by atoms with E-state index in [4.69, 9.17) is 4.98 Å². The van der Waals surface area contributed by atoms with Crippen LogP contribution in [0.5, 0.6) is 0 Å². The average molecular weight is 417 g/mol. The number of aromatic amines is 1. The number of nitrogens with one attached hydrogen (secondary N) is 1. The summed E-state index contributed by atoms with van der Waals surface area (Å²) in [6, 6.07) is 19.0. The van der Waals surface area contributed by atoms with E-state index in [1.807, 2.05) is 13.0 Å². The number of rotatable bonds is 4. The van der Waals surface area contributed by atoms with Crippen molar-refractivity contribution in [2.75, 3.05) is 36.0 Å². The molecule has 4 rings (SSSR count). The number of nitrogens with zero attached hydrogens (tertiary/aromatic N) is 3. The molecule has 31 heavy (non-hydrogen) atoms. The van der Waals surface area contributed by atoms with Crippen LogP contribution in [-0.2, 0) is 11.8 Å². The van der Waals surface area contributed by atoms with Crippen molar-refractivity contribution in [3.8, 4) is 0 Å². The highest BCUT2D eigenvalue weighted by Crippen LogP contribution is 2.23. The number of H-pyrrole nitrogens is 1. The highest BCUT2D eigenvalue weighted by molar-refractivity contribution is 5.48. The average Bonchev–Trinajstić information content (AvgIpc) is 2.76. The van der Waals surface area contributed by atoms with Crippen molar-refractivity contribution in [2.45, 2.75) is 39.5 Å². The maximum atomic E-state index is 12.9. The first-order valence-electron chi connectivity index (χ1n) is 11.1. The summed E-state index contributed by atoms with van der Waals surface area (Å²) in [6.07, 6.45) is 0.598. The zero-order chi connectivity index (χ0) is 22.0. The predicted octanol–water partition coefficient (Wildman–Crippen LogP) is 4.29. The predicted molar refractivity (Wildman–Crippen MR) is 128 cm³/mol. The summed E-state index contributed by atoms with van der Waals surface area (Å²) in [5, 5.41) is 0. The molecule has 0 radical (unpaired) electrons. The van der Waals surface area contributed by atoms with Crippen LogP contribution in [0.15, 0.2) is 59.4 Å². The second-order valence-electron chi connectivity index (χ2n) is 9.39. The molecule has 1 aliphatic heterocycles. The number of benzene rings is 2. The van der Waals surface area contributed by atoms with E-state index in [1.165, 1.54) is 11.3 Å². The molecule has 0 saturated carbocycles. The lowest BCUT2D eigenvalue weighted by Crippen LogP contribution is -2.47. The Morgan fingerprint density at radius 2 is 1.52 bits per heavy atom. The molecular formula is C26H32N4O. The van der Waals surface area contributed by atoms with Crippen LogP contribution in [0.3, 0.4) is 0 Å². The second-order valence-corrected chi connectivity index (χ2v) is 9.39. The fourth-order valence-corrected chi connectivity index (χ4v) is 4.10. The summed E-state index contributed by atoms with van der Waals surface area (Å²) in [5.74, 6) is 0.682. The first-order chi connectivity index (χ1) is 14.8. The Morgan fingerprint density at radius 1 is 0.903 bits per heavy atom.